The quantitative estimate of drug-likeness (QED) is 0.422. The summed E-state index contributed by atoms with van der Waals surface area (Å²) in [4.78, 5) is 50.7. The molecule has 0 bridgehead atoms. The summed E-state index contributed by atoms with van der Waals surface area (Å²) in [6.45, 7) is 4.87. The normalized spacial score (nSPS) is 19.6. The third kappa shape index (κ3) is 5.85. The number of benzene rings is 1. The molecule has 0 spiro atoms. The van der Waals surface area contributed by atoms with E-state index in [-0.39, 0.29) is 30.3 Å². The lowest BCUT2D eigenvalue weighted by atomic mass is 9.74. The molecule has 0 saturated heterocycles. The van der Waals surface area contributed by atoms with Gasteiger partial charge in [-0.15, -0.1) is 0 Å². The van der Waals surface area contributed by atoms with E-state index < -0.39 is 23.9 Å². The molecule has 31 heavy (non-hydrogen) atoms. The number of ketones is 2. The molecule has 1 fully saturated rings. The van der Waals surface area contributed by atoms with E-state index in [2.05, 4.69) is 0 Å². The van der Waals surface area contributed by atoms with Crippen LogP contribution in [0.15, 0.2) is 24.3 Å². The van der Waals surface area contributed by atoms with Crippen molar-refractivity contribution in [1.29, 1.82) is 0 Å². The largest absolute Gasteiger partial charge is 0.425 e. The third-order valence-electron chi connectivity index (χ3n) is 5.51. The lowest BCUT2D eigenvalue weighted by Gasteiger charge is -2.43. The third-order valence-corrected chi connectivity index (χ3v) is 5.84. The number of amides is 1. The van der Waals surface area contributed by atoms with Gasteiger partial charge in [0.25, 0.3) is 6.29 Å². The highest BCUT2D eigenvalue weighted by Gasteiger charge is 2.49. The van der Waals surface area contributed by atoms with E-state index in [0.29, 0.717) is 23.4 Å². The molecule has 0 heterocycles. The van der Waals surface area contributed by atoms with Crippen LogP contribution in [0.1, 0.15) is 64.9 Å². The van der Waals surface area contributed by atoms with Crippen LogP contribution in [0.2, 0.25) is 5.02 Å². The maximum atomic E-state index is 13.1. The molecule has 8 heteroatoms. The average molecular weight is 452 g/mol. The fourth-order valence-electron chi connectivity index (χ4n) is 3.73. The van der Waals surface area contributed by atoms with Crippen LogP contribution in [0.4, 0.5) is 4.79 Å². The van der Waals surface area contributed by atoms with Crippen molar-refractivity contribution < 1.29 is 28.7 Å². The first-order valence-corrected chi connectivity index (χ1v) is 10.9. The summed E-state index contributed by atoms with van der Waals surface area (Å²) in [5, 5.41) is 0.397. The lowest BCUT2D eigenvalue weighted by Crippen LogP contribution is -2.55. The van der Waals surface area contributed by atoms with Gasteiger partial charge in [-0.1, -0.05) is 43.6 Å². The Morgan fingerprint density at radius 2 is 1.81 bits per heavy atom. The molecule has 170 valence electrons. The number of likely N-dealkylation sites (N-methyl/N-ethyl adjacent to an activating group) is 1. The summed E-state index contributed by atoms with van der Waals surface area (Å²) in [5.41, 5.74) is -0.686. The van der Waals surface area contributed by atoms with E-state index in [9.17, 15) is 19.2 Å². The van der Waals surface area contributed by atoms with Gasteiger partial charge in [0.15, 0.2) is 5.78 Å². The summed E-state index contributed by atoms with van der Waals surface area (Å²) in [6, 6.07) is 6.97. The van der Waals surface area contributed by atoms with Crippen molar-refractivity contribution in [1.82, 2.24) is 4.90 Å². The first-order valence-electron chi connectivity index (χ1n) is 10.5. The zero-order chi connectivity index (χ0) is 23.2. The highest BCUT2D eigenvalue weighted by molar-refractivity contribution is 6.31. The number of rotatable bonds is 8. The van der Waals surface area contributed by atoms with Crippen LogP contribution in [0.3, 0.4) is 0 Å². The van der Waals surface area contributed by atoms with Gasteiger partial charge >= 0.3 is 12.1 Å². The second-order valence-electron chi connectivity index (χ2n) is 8.22. The molecular formula is C23H30ClNO6. The van der Waals surface area contributed by atoms with Gasteiger partial charge < -0.3 is 14.3 Å². The number of ether oxygens (including phenoxy) is 2. The van der Waals surface area contributed by atoms with Crippen molar-refractivity contribution in [2.24, 2.45) is 5.92 Å². The van der Waals surface area contributed by atoms with E-state index in [4.69, 9.17) is 21.1 Å². The van der Waals surface area contributed by atoms with Crippen molar-refractivity contribution in [2.75, 3.05) is 7.05 Å². The number of esters is 1. The highest BCUT2D eigenvalue weighted by Crippen LogP contribution is 2.42. The van der Waals surface area contributed by atoms with Crippen LogP contribution < -0.4 is 0 Å². The Kier molecular flexibility index (Phi) is 8.62. The first kappa shape index (κ1) is 24.9. The highest BCUT2D eigenvalue weighted by atomic mass is 35.5. The predicted molar refractivity (Wildman–Crippen MR) is 115 cm³/mol. The zero-order valence-electron chi connectivity index (χ0n) is 18.5. The van der Waals surface area contributed by atoms with Crippen LogP contribution in [0, 0.1) is 5.92 Å². The number of Topliss-reactive ketones (excluding diaryl/α,β-unsaturated/α-hetero) is 2. The zero-order valence-corrected chi connectivity index (χ0v) is 19.2. The van der Waals surface area contributed by atoms with Gasteiger partial charge in [0.05, 0.1) is 6.42 Å². The van der Waals surface area contributed by atoms with Crippen LogP contribution in [-0.4, -0.2) is 41.9 Å². The molecule has 1 aliphatic carbocycles. The lowest BCUT2D eigenvalue weighted by molar-refractivity contribution is -0.178. The second-order valence-corrected chi connectivity index (χ2v) is 8.62. The number of carbonyl (C=O) groups excluding carboxylic acids is 4. The van der Waals surface area contributed by atoms with Gasteiger partial charge in [-0.2, -0.15) is 0 Å². The van der Waals surface area contributed by atoms with Gasteiger partial charge in [0.1, 0.15) is 11.3 Å². The number of halogens is 1. The fourth-order valence-corrected chi connectivity index (χ4v) is 4.02. The Morgan fingerprint density at radius 3 is 2.39 bits per heavy atom. The predicted octanol–water partition coefficient (Wildman–Crippen LogP) is 4.64. The Bertz CT molecular complexity index is 839. The minimum Gasteiger partial charge on any atom is -0.425 e. The summed E-state index contributed by atoms with van der Waals surface area (Å²) in [5.74, 6) is -1.19. The number of nitrogens with zero attached hydrogens (tertiary/aromatic N) is 1. The maximum Gasteiger partial charge on any atom is 0.413 e. The minimum absolute atomic E-state index is 0.0572. The summed E-state index contributed by atoms with van der Waals surface area (Å²) in [6.07, 6.45) is 0.293. The smallest absolute Gasteiger partial charge is 0.413 e. The summed E-state index contributed by atoms with van der Waals surface area (Å²) >= 11 is 6.42. The Labute approximate surface area is 188 Å². The molecular weight excluding hydrogens is 422 g/mol. The summed E-state index contributed by atoms with van der Waals surface area (Å²) < 4.78 is 10.8. The van der Waals surface area contributed by atoms with Crippen LogP contribution in [-0.2, 0) is 29.4 Å². The van der Waals surface area contributed by atoms with Crippen molar-refractivity contribution >= 4 is 35.2 Å². The number of hydrogen-bond donors (Lipinski definition) is 0. The molecule has 0 aromatic heterocycles. The Hall–Kier alpha value is -2.41. The maximum absolute atomic E-state index is 13.1. The van der Waals surface area contributed by atoms with Gasteiger partial charge in [-0.05, 0) is 32.3 Å². The minimum atomic E-state index is -1.24. The molecule has 1 unspecified atom stereocenters. The standard InChI is InChI=1S/C23H30ClNO6/c1-15(2)21(30-20(28)13-12-16(3)26)31-22(29)25(4)23(14-8-7-11-19(23)27)17-9-5-6-10-18(17)24/h5-6,9-10,15,21H,7-8,11-14H2,1-4H3/t21?,23-/m0/s1. The van der Waals surface area contributed by atoms with Gasteiger partial charge in [0, 0.05) is 36.4 Å². The van der Waals surface area contributed by atoms with E-state index in [1.54, 1.807) is 38.1 Å². The molecule has 7 nitrogen and oxygen atoms in total. The average Bonchev–Trinajstić information content (AvgIpc) is 2.72. The molecule has 2 rings (SSSR count). The van der Waals surface area contributed by atoms with Crippen molar-refractivity contribution in [3.63, 3.8) is 0 Å². The van der Waals surface area contributed by atoms with E-state index in [1.165, 1.54) is 18.9 Å². The van der Waals surface area contributed by atoms with Crippen molar-refractivity contribution in [2.45, 2.75) is 71.1 Å². The van der Waals surface area contributed by atoms with Crippen molar-refractivity contribution in [3.8, 4) is 0 Å². The SMILES string of the molecule is CC(=O)CCC(=O)OC(OC(=O)N(C)[C@]1(c2ccccc2Cl)CCCCC1=O)C(C)C. The van der Waals surface area contributed by atoms with E-state index >= 15 is 0 Å². The van der Waals surface area contributed by atoms with E-state index in [0.717, 1.165) is 12.8 Å². The molecule has 1 aliphatic rings. The molecule has 1 amide bonds. The summed E-state index contributed by atoms with van der Waals surface area (Å²) in [7, 11) is 1.50. The molecule has 1 saturated carbocycles. The molecule has 0 N–H and O–H groups in total. The monoisotopic (exact) mass is 451 g/mol. The Balaban J connectivity index is 2.26. The van der Waals surface area contributed by atoms with Crippen LogP contribution in [0.25, 0.3) is 0 Å². The topological polar surface area (TPSA) is 90.0 Å². The molecule has 2 atom stereocenters. The number of hydrogen-bond acceptors (Lipinski definition) is 6. The number of carbonyl (C=O) groups is 4. The molecule has 1 aromatic carbocycles. The molecule has 1 aromatic rings. The first-order chi connectivity index (χ1) is 14.6. The second kappa shape index (κ2) is 10.8. The van der Waals surface area contributed by atoms with Crippen molar-refractivity contribution in [3.05, 3.63) is 34.9 Å². The van der Waals surface area contributed by atoms with Gasteiger partial charge in [0.2, 0.25) is 0 Å². The Morgan fingerprint density at radius 1 is 1.13 bits per heavy atom. The van der Waals surface area contributed by atoms with Gasteiger partial charge in [-0.25, -0.2) is 4.79 Å². The van der Waals surface area contributed by atoms with Crippen LogP contribution >= 0.6 is 11.6 Å². The van der Waals surface area contributed by atoms with Crippen LogP contribution in [0.5, 0.6) is 0 Å². The van der Waals surface area contributed by atoms with Gasteiger partial charge in [-0.3, -0.25) is 14.5 Å². The molecule has 0 radical (unpaired) electrons. The molecule has 0 aliphatic heterocycles. The fraction of sp³-hybridized carbons (Fsp3) is 0.565. The van der Waals surface area contributed by atoms with E-state index in [1.807, 2.05) is 0 Å².